The van der Waals surface area contributed by atoms with E-state index in [9.17, 15) is 57.5 Å². The lowest BCUT2D eigenvalue weighted by Crippen LogP contribution is -2.47. The summed E-state index contributed by atoms with van der Waals surface area (Å²) in [5, 5.41) is 11.9. The number of halogens is 2. The molecule has 3 aliphatic heterocycles. The maximum Gasteiger partial charge on any atom is 0.416 e. The number of nitrogens with zero attached hydrogens (tertiary/aromatic N) is 2. The van der Waals surface area contributed by atoms with Crippen molar-refractivity contribution in [2.45, 2.75) is 286 Å². The first-order valence-corrected chi connectivity index (χ1v) is 40.4. The molecule has 113 heavy (non-hydrogen) atoms. The summed E-state index contributed by atoms with van der Waals surface area (Å²) in [7, 11) is 0. The molecule has 3 aliphatic rings. The van der Waals surface area contributed by atoms with E-state index < -0.39 is 69.6 Å². The Labute approximate surface area is 694 Å². The highest BCUT2D eigenvalue weighted by Crippen LogP contribution is 2.36. The molecule has 3 heterocycles. The van der Waals surface area contributed by atoms with Gasteiger partial charge in [-0.05, 0) is 163 Å². The Morgan fingerprint density at radius 1 is 0.478 bits per heavy atom. The fourth-order valence-corrected chi connectivity index (χ4v) is 12.1. The largest absolute Gasteiger partial charge is 0.481 e. The average molecular weight is 1690 g/mol. The van der Waals surface area contributed by atoms with Gasteiger partial charge in [0.05, 0.1) is 49.2 Å². The summed E-state index contributed by atoms with van der Waals surface area (Å²) < 4.78 is 35.7. The maximum absolute atomic E-state index is 13.3. The zero-order chi connectivity index (χ0) is 86.9. The smallest absolute Gasteiger partial charge is 0.416 e. The molecule has 23 nitrogen and oxygen atoms in total. The molecule has 27 heteroatoms. The van der Waals surface area contributed by atoms with Crippen molar-refractivity contribution in [3.63, 3.8) is 0 Å². The Balaban J connectivity index is 0. The Bertz CT molecular complexity index is 3480. The Kier molecular flexibility index (Phi) is 46.0. The van der Waals surface area contributed by atoms with Crippen LogP contribution in [0.2, 0.25) is 0 Å². The summed E-state index contributed by atoms with van der Waals surface area (Å²) in [6.07, 6.45) is 1.31. The number of alkyl halides is 1. The number of carboxylic acid groups (broad SMARTS) is 1. The van der Waals surface area contributed by atoms with Gasteiger partial charge in [-0.3, -0.25) is 43.2 Å². The number of alkyl carbamates (subject to hydrolysis) is 1. The zero-order valence-electron chi connectivity index (χ0n) is 72.7. The van der Waals surface area contributed by atoms with Crippen LogP contribution in [0.1, 0.15) is 243 Å². The SMILES string of the molecule is CC(C)(C)CC(=O)Cl.CC(C)(C)CC(=O)N1C(=O)OC[C@@H]1Cc1ccccc1.CC(C)(C)OC(=O)CBr.CC(C)(C)OC(=O)C[C@H](C(=O)N1C(=O)OC[C@@H]1Cc1ccccc1)C(C)(C)C.CC(C)(C)OC(=O)C[C@H](C(=O)O)C(C)(C)C.CCSC(=O)[C@@H](CC(=O)OC(C)(C)C)C(C)(C)C.O=C1N[C@@H](Cc2ccccc2)CO1.[B]. The molecular weight excluding hydrogens is 1550 g/mol. The van der Waals surface area contributed by atoms with Crippen molar-refractivity contribution in [1.29, 1.82) is 0 Å². The summed E-state index contributed by atoms with van der Waals surface area (Å²) in [4.78, 5) is 143. The number of amides is 5. The molecule has 0 aliphatic carbocycles. The molecule has 635 valence electrons. The van der Waals surface area contributed by atoms with E-state index in [-0.39, 0.29) is 132 Å². The number of imide groups is 2. The number of hydrogen-bond acceptors (Lipinski definition) is 20. The number of carbonyl (C=O) groups is 12. The predicted octanol–water partition coefficient (Wildman–Crippen LogP) is 18.0. The molecule has 0 saturated carbocycles. The number of thioether (sulfide) groups is 1. The van der Waals surface area contributed by atoms with Crippen LogP contribution < -0.4 is 5.32 Å². The third-order valence-corrected chi connectivity index (χ3v) is 17.1. The number of ether oxygens (including phenoxy) is 7. The van der Waals surface area contributed by atoms with E-state index in [2.05, 4.69) is 21.2 Å². The second-order valence-electron chi connectivity index (χ2n) is 37.2. The van der Waals surface area contributed by atoms with Gasteiger partial charge in [0.15, 0.2) is 5.12 Å². The highest BCUT2D eigenvalue weighted by atomic mass is 79.9. The first kappa shape index (κ1) is 108. The minimum Gasteiger partial charge on any atom is -0.481 e. The van der Waals surface area contributed by atoms with Crippen molar-refractivity contribution in [2.75, 3.05) is 30.9 Å². The molecule has 0 aromatic heterocycles. The number of esters is 4. The van der Waals surface area contributed by atoms with Gasteiger partial charge in [-0.15, -0.1) is 0 Å². The van der Waals surface area contributed by atoms with Gasteiger partial charge < -0.3 is 43.6 Å². The van der Waals surface area contributed by atoms with E-state index in [0.717, 1.165) is 23.3 Å². The van der Waals surface area contributed by atoms with E-state index in [4.69, 9.17) is 49.9 Å². The molecule has 0 bridgehead atoms. The molecule has 3 aromatic carbocycles. The maximum atomic E-state index is 13.3. The van der Waals surface area contributed by atoms with Gasteiger partial charge >= 0.3 is 48.1 Å². The van der Waals surface area contributed by atoms with Crippen LogP contribution in [0.25, 0.3) is 0 Å². The fourth-order valence-electron chi connectivity index (χ4n) is 10.7. The van der Waals surface area contributed by atoms with Crippen molar-refractivity contribution < 1.29 is 95.8 Å². The minimum atomic E-state index is -0.960. The van der Waals surface area contributed by atoms with Crippen molar-refractivity contribution in [2.24, 2.45) is 44.8 Å². The van der Waals surface area contributed by atoms with E-state index >= 15 is 0 Å². The van der Waals surface area contributed by atoms with Crippen molar-refractivity contribution in [3.05, 3.63) is 108 Å². The number of aliphatic carboxylic acids is 1. The third-order valence-electron chi connectivity index (χ3n) is 15.7. The van der Waals surface area contributed by atoms with E-state index in [1.165, 1.54) is 27.1 Å². The van der Waals surface area contributed by atoms with Gasteiger partial charge in [0, 0.05) is 27.2 Å². The average Bonchev–Trinajstić information content (AvgIpc) is 1.71. The molecule has 0 spiro atoms. The summed E-state index contributed by atoms with van der Waals surface area (Å²) >= 11 is 9.40. The number of nitrogens with one attached hydrogen (secondary N) is 1. The summed E-state index contributed by atoms with van der Waals surface area (Å²) in [6, 6.07) is 29.1. The molecule has 3 saturated heterocycles. The molecule has 5 amide bonds. The topological polar surface area (TPSA) is 308 Å². The highest BCUT2D eigenvalue weighted by Gasteiger charge is 2.46. The van der Waals surface area contributed by atoms with Crippen molar-refractivity contribution in [3.8, 4) is 0 Å². The minimum absolute atomic E-state index is 0. The van der Waals surface area contributed by atoms with Crippen molar-refractivity contribution >= 4 is 118 Å². The Morgan fingerprint density at radius 3 is 1.09 bits per heavy atom. The van der Waals surface area contributed by atoms with Crippen LogP contribution >= 0.6 is 39.3 Å². The number of rotatable bonds is 19. The van der Waals surface area contributed by atoms with E-state index in [0.29, 0.717) is 32.3 Å². The number of cyclic esters (lactones) is 3. The van der Waals surface area contributed by atoms with Gasteiger partial charge in [0.25, 0.3) is 0 Å². The second-order valence-corrected chi connectivity index (χ2v) is 39.5. The van der Waals surface area contributed by atoms with Crippen LogP contribution in [0.3, 0.4) is 0 Å². The lowest BCUT2D eigenvalue weighted by molar-refractivity contribution is -0.162. The number of carboxylic acids is 1. The van der Waals surface area contributed by atoms with Gasteiger partial charge in [-0.2, -0.15) is 0 Å². The zero-order valence-corrected chi connectivity index (χ0v) is 75.8. The standard InChI is InChI=1S/C22H31NO5.C16H21NO3.C14H26O3S.C12H22O4.C10H11NO2.C6H11BrO2.C6H11ClO.B/c1-21(2,3)17(13-18(24)28-22(4,5)6)19(25)23-16(14-27-20(23)26)12-15-10-8-7-9-11-15;1-16(2,3)10-14(18)17-13(11-20-15(17)19)9-12-7-5-4-6-8-12;1-8-18-12(16)10(13(2,3)4)9-11(15)17-14(5,6)7;1-11(2,3)8(10(14)15)7-9(13)16-12(4,5)6;12-10-11-9(7-13-10)6-8-4-2-1-3-5-8;1-6(2,3)9-5(8)4-7;1-6(2,3)4-5(7)8;/h7-11,16-17H,12-14H2,1-6H3;4-8,13H,9-11H2,1-3H3;10H,8-9H2,1-7H3;8H,7H2,1-6H3,(H,14,15);1-5,9H,6-7H2,(H,11,12);4H2,1-3H3;4H2,1-3H3;/t16-,17+;13-;10-;8-;9-;;;/m00110.../s1. The lowest BCUT2D eigenvalue weighted by Gasteiger charge is -2.33. The van der Waals surface area contributed by atoms with Crippen LogP contribution in [0.15, 0.2) is 91.0 Å². The summed E-state index contributed by atoms with van der Waals surface area (Å²) in [5.41, 5.74) is -0.0250. The van der Waals surface area contributed by atoms with E-state index in [1.807, 2.05) is 223 Å². The first-order valence-electron chi connectivity index (χ1n) is 37.9. The number of hydrogen-bond donors (Lipinski definition) is 2. The van der Waals surface area contributed by atoms with Crippen molar-refractivity contribution in [1.82, 2.24) is 15.1 Å². The molecule has 3 aromatic rings. The van der Waals surface area contributed by atoms with Gasteiger partial charge in [-0.25, -0.2) is 24.2 Å². The van der Waals surface area contributed by atoms with Gasteiger partial charge in [0.1, 0.15) is 47.6 Å². The second kappa shape index (κ2) is 48.3. The highest BCUT2D eigenvalue weighted by molar-refractivity contribution is 9.09. The van der Waals surface area contributed by atoms with Crippen LogP contribution in [-0.4, -0.2) is 165 Å². The number of benzene rings is 3. The third kappa shape index (κ3) is 49.9. The lowest BCUT2D eigenvalue weighted by atomic mass is 9.77. The Morgan fingerprint density at radius 2 is 0.805 bits per heavy atom. The number of carbonyl (C=O) groups excluding carboxylic acids is 11. The first-order chi connectivity index (χ1) is 50.9. The predicted molar refractivity (Wildman–Crippen MR) is 448 cm³/mol. The van der Waals surface area contributed by atoms with Gasteiger partial charge in [0.2, 0.25) is 17.1 Å². The molecule has 2 N–H and O–H groups in total. The molecule has 0 unspecified atom stereocenters. The monoisotopic (exact) mass is 1680 g/mol. The normalized spacial score (nSPS) is 16.4. The quantitative estimate of drug-likeness (QED) is 0.0370. The van der Waals surface area contributed by atoms with Crippen LogP contribution in [0, 0.1) is 44.8 Å². The Hall–Kier alpha value is -7.32. The van der Waals surface area contributed by atoms with E-state index in [1.54, 1.807) is 62.3 Å². The van der Waals surface area contributed by atoms with Gasteiger partial charge in [-0.1, -0.05) is 229 Å². The molecule has 6 rings (SSSR count). The molecule has 6 atom stereocenters. The van der Waals surface area contributed by atoms with Crippen LogP contribution in [0.4, 0.5) is 14.4 Å². The molecule has 3 radical (unpaired) electrons. The fraction of sp³-hybridized carbons (Fsp3) is 0.651. The summed E-state index contributed by atoms with van der Waals surface area (Å²) in [5.74, 6) is -3.90. The molecular formula is C86H133BBrClN3O20S. The van der Waals surface area contributed by atoms with Crippen LogP contribution in [-0.2, 0) is 95.6 Å². The van der Waals surface area contributed by atoms with Crippen LogP contribution in [0.5, 0.6) is 0 Å². The summed E-state index contributed by atoms with van der Waals surface area (Å²) in [6.45, 7) is 53.4. The molecule has 3 fully saturated rings.